The van der Waals surface area contributed by atoms with Gasteiger partial charge in [-0.15, -0.1) is 5.10 Å². The van der Waals surface area contributed by atoms with Crippen molar-refractivity contribution < 1.29 is 4.42 Å². The van der Waals surface area contributed by atoms with Crippen LogP contribution in [0.3, 0.4) is 0 Å². The highest BCUT2D eigenvalue weighted by atomic mass is 79.9. The SMILES string of the molecule is Cc1cc(Br)c(Nc2nnc(CNC(C)C)o2)c(Br)c1. The minimum Gasteiger partial charge on any atom is -0.406 e. The van der Waals surface area contributed by atoms with Gasteiger partial charge in [0.1, 0.15) is 0 Å². The van der Waals surface area contributed by atoms with Crippen molar-refractivity contribution in [1.82, 2.24) is 15.5 Å². The molecular formula is C13H16Br2N4O. The van der Waals surface area contributed by atoms with Crippen molar-refractivity contribution in [2.24, 2.45) is 0 Å². The fourth-order valence-electron chi connectivity index (χ4n) is 1.59. The Morgan fingerprint density at radius 1 is 1.20 bits per heavy atom. The lowest BCUT2D eigenvalue weighted by molar-refractivity contribution is 0.460. The van der Waals surface area contributed by atoms with Gasteiger partial charge in [0.15, 0.2) is 0 Å². The summed E-state index contributed by atoms with van der Waals surface area (Å²) >= 11 is 7.03. The predicted octanol–water partition coefficient (Wildman–Crippen LogP) is 4.14. The number of anilines is 2. The molecule has 108 valence electrons. The Hall–Kier alpha value is -0.920. The normalized spacial score (nSPS) is 11.1. The second-order valence-corrected chi connectivity index (χ2v) is 6.47. The number of halogens is 2. The lowest BCUT2D eigenvalue weighted by Crippen LogP contribution is -2.21. The molecule has 2 rings (SSSR count). The van der Waals surface area contributed by atoms with Crippen LogP contribution in [0.5, 0.6) is 0 Å². The van der Waals surface area contributed by atoms with Gasteiger partial charge in [-0.1, -0.05) is 18.9 Å². The Morgan fingerprint density at radius 2 is 1.85 bits per heavy atom. The van der Waals surface area contributed by atoms with E-state index in [0.717, 1.165) is 20.2 Å². The maximum atomic E-state index is 5.54. The van der Waals surface area contributed by atoms with Gasteiger partial charge in [0, 0.05) is 15.0 Å². The molecule has 2 N–H and O–H groups in total. The van der Waals surface area contributed by atoms with Gasteiger partial charge in [-0.25, -0.2) is 0 Å². The monoisotopic (exact) mass is 402 g/mol. The fraction of sp³-hybridized carbons (Fsp3) is 0.385. The molecule has 0 aliphatic heterocycles. The molecule has 1 aromatic carbocycles. The minimum absolute atomic E-state index is 0.371. The number of hydrogen-bond donors (Lipinski definition) is 2. The zero-order valence-corrected chi connectivity index (χ0v) is 14.7. The first-order valence-corrected chi connectivity index (χ1v) is 7.82. The van der Waals surface area contributed by atoms with Crippen LogP contribution in [0.4, 0.5) is 11.7 Å². The topological polar surface area (TPSA) is 63.0 Å². The van der Waals surface area contributed by atoms with E-state index in [1.807, 2.05) is 19.1 Å². The second-order valence-electron chi connectivity index (χ2n) is 4.77. The summed E-state index contributed by atoms with van der Waals surface area (Å²) in [4.78, 5) is 0. The van der Waals surface area contributed by atoms with Crippen LogP contribution in [0.15, 0.2) is 25.5 Å². The van der Waals surface area contributed by atoms with Crippen molar-refractivity contribution in [2.75, 3.05) is 5.32 Å². The summed E-state index contributed by atoms with van der Waals surface area (Å²) in [5, 5.41) is 14.3. The zero-order chi connectivity index (χ0) is 14.7. The first kappa shape index (κ1) is 15.5. The smallest absolute Gasteiger partial charge is 0.320 e. The van der Waals surface area contributed by atoms with E-state index in [9.17, 15) is 0 Å². The molecule has 1 aromatic heterocycles. The highest BCUT2D eigenvalue weighted by molar-refractivity contribution is 9.11. The molecule has 0 fully saturated rings. The van der Waals surface area contributed by atoms with E-state index in [1.54, 1.807) is 0 Å². The standard InChI is InChI=1S/C13H16Br2N4O/c1-7(2)16-6-11-18-19-13(20-11)17-12-9(14)4-8(3)5-10(12)15/h4-5,7,16H,6H2,1-3H3,(H,17,19). The molecule has 0 unspecified atom stereocenters. The largest absolute Gasteiger partial charge is 0.406 e. The van der Waals surface area contributed by atoms with Crippen molar-refractivity contribution in [3.63, 3.8) is 0 Å². The molecule has 0 saturated heterocycles. The van der Waals surface area contributed by atoms with Crippen LogP contribution in [0.1, 0.15) is 25.3 Å². The van der Waals surface area contributed by atoms with E-state index < -0.39 is 0 Å². The van der Waals surface area contributed by atoms with E-state index in [1.165, 1.54) is 0 Å². The van der Waals surface area contributed by atoms with Crippen molar-refractivity contribution in [2.45, 2.75) is 33.4 Å². The number of hydrogen-bond acceptors (Lipinski definition) is 5. The molecule has 2 aromatic rings. The van der Waals surface area contributed by atoms with Crippen molar-refractivity contribution >= 4 is 43.6 Å². The predicted molar refractivity (Wildman–Crippen MR) is 86.1 cm³/mol. The van der Waals surface area contributed by atoms with Gasteiger partial charge in [0.25, 0.3) is 0 Å². The third-order valence-corrected chi connectivity index (χ3v) is 3.80. The van der Waals surface area contributed by atoms with E-state index in [4.69, 9.17) is 4.42 Å². The Labute approximate surface area is 134 Å². The molecule has 0 bridgehead atoms. The van der Waals surface area contributed by atoms with E-state index in [-0.39, 0.29) is 0 Å². The molecule has 5 nitrogen and oxygen atoms in total. The van der Waals surface area contributed by atoms with Gasteiger partial charge in [-0.2, -0.15) is 0 Å². The molecule has 0 aliphatic rings. The summed E-state index contributed by atoms with van der Waals surface area (Å²) in [5.41, 5.74) is 2.02. The van der Waals surface area contributed by atoms with Gasteiger partial charge in [-0.3, -0.25) is 0 Å². The Bertz CT molecular complexity index is 575. The number of aryl methyl sites for hydroxylation is 1. The first-order valence-electron chi connectivity index (χ1n) is 6.24. The molecule has 0 amide bonds. The van der Waals surface area contributed by atoms with Crippen molar-refractivity contribution in [3.05, 3.63) is 32.5 Å². The van der Waals surface area contributed by atoms with Crippen LogP contribution in [0.25, 0.3) is 0 Å². The molecule has 0 radical (unpaired) electrons. The van der Waals surface area contributed by atoms with Crippen LogP contribution in [0.2, 0.25) is 0 Å². The lowest BCUT2D eigenvalue weighted by atomic mass is 10.2. The number of rotatable bonds is 5. The van der Waals surface area contributed by atoms with Crippen LogP contribution in [-0.2, 0) is 6.54 Å². The van der Waals surface area contributed by atoms with E-state index >= 15 is 0 Å². The van der Waals surface area contributed by atoms with Crippen molar-refractivity contribution in [3.8, 4) is 0 Å². The van der Waals surface area contributed by atoms with Gasteiger partial charge in [-0.05, 0) is 56.5 Å². The highest BCUT2D eigenvalue weighted by Crippen LogP contribution is 2.34. The van der Waals surface area contributed by atoms with E-state index in [2.05, 4.69) is 66.5 Å². The number of aromatic nitrogens is 2. The average molecular weight is 404 g/mol. The second kappa shape index (κ2) is 6.69. The minimum atomic E-state index is 0.371. The summed E-state index contributed by atoms with van der Waals surface area (Å²) in [5.74, 6) is 0.556. The zero-order valence-electron chi connectivity index (χ0n) is 11.5. The molecule has 1 heterocycles. The molecule has 0 saturated carbocycles. The molecular weight excluding hydrogens is 388 g/mol. The first-order chi connectivity index (χ1) is 9.45. The summed E-state index contributed by atoms with van der Waals surface area (Å²) in [7, 11) is 0. The van der Waals surface area contributed by atoms with Crippen LogP contribution in [-0.4, -0.2) is 16.2 Å². The molecule has 0 spiro atoms. The number of nitrogens with zero attached hydrogens (tertiary/aromatic N) is 2. The van der Waals surface area contributed by atoms with Crippen LogP contribution >= 0.6 is 31.9 Å². The summed E-state index contributed by atoms with van der Waals surface area (Å²) in [6.45, 7) is 6.72. The van der Waals surface area contributed by atoms with Crippen LogP contribution < -0.4 is 10.6 Å². The summed E-state index contributed by atoms with van der Waals surface area (Å²) < 4.78 is 7.41. The molecule has 0 aliphatic carbocycles. The Balaban J connectivity index is 2.11. The number of nitrogens with one attached hydrogen (secondary N) is 2. The quantitative estimate of drug-likeness (QED) is 0.785. The van der Waals surface area contributed by atoms with Gasteiger partial charge in [0.05, 0.1) is 12.2 Å². The number of benzene rings is 1. The summed E-state index contributed by atoms with van der Waals surface area (Å²) in [6, 6.07) is 4.78. The maximum Gasteiger partial charge on any atom is 0.320 e. The molecule has 7 heteroatoms. The Kier molecular flexibility index (Phi) is 5.17. The molecule has 0 atom stereocenters. The van der Waals surface area contributed by atoms with Crippen LogP contribution in [0, 0.1) is 6.92 Å². The Morgan fingerprint density at radius 3 is 2.45 bits per heavy atom. The van der Waals surface area contributed by atoms with E-state index in [0.29, 0.717) is 24.5 Å². The van der Waals surface area contributed by atoms with Gasteiger partial charge in [0.2, 0.25) is 5.89 Å². The summed E-state index contributed by atoms with van der Waals surface area (Å²) in [6.07, 6.45) is 0. The fourth-order valence-corrected chi connectivity index (χ4v) is 3.21. The third kappa shape index (κ3) is 4.04. The maximum absolute atomic E-state index is 5.54. The highest BCUT2D eigenvalue weighted by Gasteiger charge is 2.11. The molecule has 20 heavy (non-hydrogen) atoms. The third-order valence-electron chi connectivity index (χ3n) is 2.55. The lowest BCUT2D eigenvalue weighted by Gasteiger charge is -2.08. The average Bonchev–Trinajstić information content (AvgIpc) is 2.79. The van der Waals surface area contributed by atoms with Gasteiger partial charge < -0.3 is 15.1 Å². The van der Waals surface area contributed by atoms with Crippen molar-refractivity contribution in [1.29, 1.82) is 0 Å². The van der Waals surface area contributed by atoms with Gasteiger partial charge >= 0.3 is 6.01 Å².